The number of aliphatic hydroxyl groups is 1. The van der Waals surface area contributed by atoms with Gasteiger partial charge in [-0.05, 0) is 44.7 Å². The number of aromatic nitrogens is 2. The summed E-state index contributed by atoms with van der Waals surface area (Å²) in [6.07, 6.45) is 4.59. The van der Waals surface area contributed by atoms with Gasteiger partial charge in [-0.3, -0.25) is 4.79 Å². The van der Waals surface area contributed by atoms with Crippen molar-refractivity contribution in [3.8, 4) is 5.69 Å². The molecule has 1 aliphatic carbocycles. The number of hydrogen-bond acceptors (Lipinski definition) is 3. The van der Waals surface area contributed by atoms with E-state index in [1.54, 1.807) is 10.9 Å². The molecular formula is C17H21N3O2. The third-order valence-corrected chi connectivity index (χ3v) is 4.29. The number of benzene rings is 1. The van der Waals surface area contributed by atoms with E-state index < -0.39 is 0 Å². The fraction of sp³-hybridized carbons (Fsp3) is 0.412. The van der Waals surface area contributed by atoms with Crippen LogP contribution in [0.4, 0.5) is 0 Å². The van der Waals surface area contributed by atoms with Crippen LogP contribution in [0.15, 0.2) is 36.5 Å². The van der Waals surface area contributed by atoms with Crippen molar-refractivity contribution in [1.82, 2.24) is 15.1 Å². The van der Waals surface area contributed by atoms with Crippen molar-refractivity contribution in [2.24, 2.45) is 0 Å². The Balaban J connectivity index is 1.73. The van der Waals surface area contributed by atoms with Crippen LogP contribution < -0.4 is 5.32 Å². The SMILES string of the molecule is Cc1c(C(=O)NC2CCC(O)CC2)cnn1-c1ccccc1. The van der Waals surface area contributed by atoms with Gasteiger partial charge in [0, 0.05) is 6.04 Å². The standard InChI is InChI=1S/C17H21N3O2/c1-12-16(11-18-20(12)14-5-3-2-4-6-14)17(22)19-13-7-9-15(21)10-8-13/h2-6,11,13,15,21H,7-10H2,1H3,(H,19,22). The van der Waals surface area contributed by atoms with Gasteiger partial charge in [0.25, 0.3) is 5.91 Å². The Morgan fingerprint density at radius 2 is 1.91 bits per heavy atom. The summed E-state index contributed by atoms with van der Waals surface area (Å²) in [5.74, 6) is -0.0823. The molecule has 2 aromatic rings. The van der Waals surface area contributed by atoms with Crippen molar-refractivity contribution in [2.75, 3.05) is 0 Å². The summed E-state index contributed by atoms with van der Waals surface area (Å²) < 4.78 is 1.78. The Morgan fingerprint density at radius 3 is 2.59 bits per heavy atom. The molecule has 22 heavy (non-hydrogen) atoms. The van der Waals surface area contributed by atoms with Gasteiger partial charge < -0.3 is 10.4 Å². The van der Waals surface area contributed by atoms with Crippen LogP contribution in [0.3, 0.4) is 0 Å². The Kier molecular flexibility index (Phi) is 4.24. The van der Waals surface area contributed by atoms with Crippen molar-refractivity contribution in [3.63, 3.8) is 0 Å². The normalized spacial score (nSPS) is 21.5. The Hall–Kier alpha value is -2.14. The molecule has 1 saturated carbocycles. The van der Waals surface area contributed by atoms with E-state index in [4.69, 9.17) is 0 Å². The maximum Gasteiger partial charge on any atom is 0.254 e. The van der Waals surface area contributed by atoms with Crippen molar-refractivity contribution >= 4 is 5.91 Å². The molecule has 1 aliphatic rings. The van der Waals surface area contributed by atoms with E-state index in [-0.39, 0.29) is 18.1 Å². The predicted octanol–water partition coefficient (Wildman–Crippen LogP) is 2.21. The zero-order valence-electron chi connectivity index (χ0n) is 12.7. The lowest BCUT2D eigenvalue weighted by atomic mass is 9.93. The molecule has 5 heteroatoms. The third kappa shape index (κ3) is 3.04. The molecule has 0 aliphatic heterocycles. The molecule has 3 rings (SSSR count). The van der Waals surface area contributed by atoms with Crippen molar-refractivity contribution in [2.45, 2.75) is 44.8 Å². The minimum absolute atomic E-state index is 0.0823. The molecule has 1 fully saturated rings. The van der Waals surface area contributed by atoms with Crippen LogP contribution >= 0.6 is 0 Å². The quantitative estimate of drug-likeness (QED) is 0.913. The highest BCUT2D eigenvalue weighted by Crippen LogP contribution is 2.19. The molecule has 0 saturated heterocycles. The van der Waals surface area contributed by atoms with Crippen LogP contribution in [-0.4, -0.2) is 32.9 Å². The maximum absolute atomic E-state index is 12.4. The number of carbonyl (C=O) groups is 1. The first kappa shape index (κ1) is 14.8. The van der Waals surface area contributed by atoms with Gasteiger partial charge in [-0.1, -0.05) is 18.2 Å². The Bertz CT molecular complexity index is 643. The predicted molar refractivity (Wildman–Crippen MR) is 84.0 cm³/mol. The van der Waals surface area contributed by atoms with E-state index in [2.05, 4.69) is 10.4 Å². The second-order valence-electron chi connectivity index (χ2n) is 5.87. The first-order valence-corrected chi connectivity index (χ1v) is 7.74. The van der Waals surface area contributed by atoms with Crippen LogP contribution in [0.5, 0.6) is 0 Å². The van der Waals surface area contributed by atoms with E-state index in [0.29, 0.717) is 5.56 Å². The van der Waals surface area contributed by atoms with Gasteiger partial charge in [0.2, 0.25) is 0 Å². The van der Waals surface area contributed by atoms with E-state index >= 15 is 0 Å². The lowest BCUT2D eigenvalue weighted by Gasteiger charge is -2.26. The summed E-state index contributed by atoms with van der Waals surface area (Å²) in [7, 11) is 0. The molecule has 0 spiro atoms. The van der Waals surface area contributed by atoms with E-state index in [0.717, 1.165) is 37.1 Å². The molecule has 2 N–H and O–H groups in total. The number of rotatable bonds is 3. The van der Waals surface area contributed by atoms with Crippen molar-refractivity contribution < 1.29 is 9.90 Å². The first-order valence-electron chi connectivity index (χ1n) is 7.74. The molecule has 0 unspecified atom stereocenters. The minimum Gasteiger partial charge on any atom is -0.393 e. The molecule has 116 valence electrons. The number of carbonyl (C=O) groups excluding carboxylic acids is 1. The van der Waals surface area contributed by atoms with E-state index in [1.165, 1.54) is 0 Å². The summed E-state index contributed by atoms with van der Waals surface area (Å²) in [5.41, 5.74) is 2.38. The summed E-state index contributed by atoms with van der Waals surface area (Å²) in [5, 5.41) is 16.9. The van der Waals surface area contributed by atoms with Crippen molar-refractivity contribution in [3.05, 3.63) is 47.8 Å². The van der Waals surface area contributed by atoms with Gasteiger partial charge in [-0.25, -0.2) is 4.68 Å². The smallest absolute Gasteiger partial charge is 0.254 e. The zero-order chi connectivity index (χ0) is 15.5. The van der Waals surface area contributed by atoms with Crippen LogP contribution in [0.1, 0.15) is 41.7 Å². The number of amides is 1. The van der Waals surface area contributed by atoms with Crippen molar-refractivity contribution in [1.29, 1.82) is 0 Å². The lowest BCUT2D eigenvalue weighted by Crippen LogP contribution is -2.38. The number of nitrogens with one attached hydrogen (secondary N) is 1. The average Bonchev–Trinajstić information content (AvgIpc) is 2.92. The van der Waals surface area contributed by atoms with Gasteiger partial charge in [-0.2, -0.15) is 5.10 Å². The van der Waals surface area contributed by atoms with Crippen LogP contribution in [0, 0.1) is 6.92 Å². The molecule has 0 bridgehead atoms. The number of hydrogen-bond donors (Lipinski definition) is 2. The van der Waals surface area contributed by atoms with Crippen LogP contribution in [-0.2, 0) is 0 Å². The molecule has 1 aromatic heterocycles. The summed E-state index contributed by atoms with van der Waals surface area (Å²) in [6, 6.07) is 9.92. The van der Waals surface area contributed by atoms with Gasteiger partial charge in [-0.15, -0.1) is 0 Å². The fourth-order valence-corrected chi connectivity index (χ4v) is 2.95. The molecule has 0 radical (unpaired) electrons. The largest absolute Gasteiger partial charge is 0.393 e. The molecule has 1 aromatic carbocycles. The lowest BCUT2D eigenvalue weighted by molar-refractivity contribution is 0.0867. The second kappa shape index (κ2) is 6.32. The Labute approximate surface area is 130 Å². The minimum atomic E-state index is -0.212. The van der Waals surface area contributed by atoms with Crippen LogP contribution in [0.25, 0.3) is 5.69 Å². The third-order valence-electron chi connectivity index (χ3n) is 4.29. The molecule has 0 atom stereocenters. The number of aliphatic hydroxyl groups excluding tert-OH is 1. The second-order valence-corrected chi connectivity index (χ2v) is 5.87. The van der Waals surface area contributed by atoms with Gasteiger partial charge >= 0.3 is 0 Å². The van der Waals surface area contributed by atoms with Gasteiger partial charge in [0.15, 0.2) is 0 Å². The molecule has 5 nitrogen and oxygen atoms in total. The average molecular weight is 299 g/mol. The molecule has 1 amide bonds. The molecular weight excluding hydrogens is 278 g/mol. The highest BCUT2D eigenvalue weighted by molar-refractivity contribution is 5.95. The molecule has 1 heterocycles. The topological polar surface area (TPSA) is 67.2 Å². The van der Waals surface area contributed by atoms with Crippen LogP contribution in [0.2, 0.25) is 0 Å². The Morgan fingerprint density at radius 1 is 1.23 bits per heavy atom. The maximum atomic E-state index is 12.4. The number of nitrogens with zero attached hydrogens (tertiary/aromatic N) is 2. The highest BCUT2D eigenvalue weighted by atomic mass is 16.3. The summed E-state index contributed by atoms with van der Waals surface area (Å²) in [4.78, 5) is 12.4. The van der Waals surface area contributed by atoms with Gasteiger partial charge in [0.05, 0.1) is 29.2 Å². The summed E-state index contributed by atoms with van der Waals surface area (Å²) >= 11 is 0. The van der Waals surface area contributed by atoms with Gasteiger partial charge in [0.1, 0.15) is 0 Å². The first-order chi connectivity index (χ1) is 10.6. The monoisotopic (exact) mass is 299 g/mol. The summed E-state index contributed by atoms with van der Waals surface area (Å²) in [6.45, 7) is 1.90. The fourth-order valence-electron chi connectivity index (χ4n) is 2.95. The van der Waals surface area contributed by atoms with E-state index in [9.17, 15) is 9.90 Å². The highest BCUT2D eigenvalue weighted by Gasteiger charge is 2.23. The zero-order valence-corrected chi connectivity index (χ0v) is 12.7. The number of para-hydroxylation sites is 1. The van der Waals surface area contributed by atoms with E-state index in [1.807, 2.05) is 37.3 Å².